The molecule has 0 bridgehead atoms. The lowest BCUT2D eigenvalue weighted by Gasteiger charge is -2.27. The molecule has 3 aromatic rings. The Labute approximate surface area is 164 Å². The van der Waals surface area contributed by atoms with Crippen molar-refractivity contribution in [2.75, 3.05) is 20.3 Å². The molecular formula is C21H25N3O4. The van der Waals surface area contributed by atoms with Crippen molar-refractivity contribution >= 4 is 5.91 Å². The van der Waals surface area contributed by atoms with Crippen LogP contribution in [0.5, 0.6) is 0 Å². The Morgan fingerprint density at radius 1 is 1.18 bits per heavy atom. The second kappa shape index (κ2) is 9.87. The first-order valence-corrected chi connectivity index (χ1v) is 9.20. The Morgan fingerprint density at radius 3 is 2.71 bits per heavy atom. The fourth-order valence-electron chi connectivity index (χ4n) is 2.89. The number of nitrogens with zero attached hydrogens (tertiary/aromatic N) is 2. The van der Waals surface area contributed by atoms with E-state index in [1.165, 1.54) is 11.8 Å². The highest BCUT2D eigenvalue weighted by molar-refractivity contribution is 5.91. The van der Waals surface area contributed by atoms with E-state index in [9.17, 15) is 4.79 Å². The lowest BCUT2D eigenvalue weighted by molar-refractivity contribution is 0.0932. The Kier molecular flexibility index (Phi) is 7.00. The molecule has 0 aliphatic rings. The van der Waals surface area contributed by atoms with Crippen LogP contribution in [0.15, 0.2) is 63.8 Å². The highest BCUT2D eigenvalue weighted by atomic mass is 16.5. The van der Waals surface area contributed by atoms with Gasteiger partial charge in [0.25, 0.3) is 5.91 Å². The molecule has 28 heavy (non-hydrogen) atoms. The van der Waals surface area contributed by atoms with Crippen LogP contribution in [0.1, 0.15) is 40.7 Å². The number of carbonyl (C=O) groups excluding carboxylic acids is 1. The van der Waals surface area contributed by atoms with Crippen LogP contribution in [-0.2, 0) is 17.8 Å². The van der Waals surface area contributed by atoms with E-state index in [0.717, 1.165) is 5.76 Å². The first-order chi connectivity index (χ1) is 13.7. The minimum Gasteiger partial charge on any atom is -0.468 e. The van der Waals surface area contributed by atoms with E-state index in [0.29, 0.717) is 32.1 Å². The van der Waals surface area contributed by atoms with Gasteiger partial charge in [-0.3, -0.25) is 9.69 Å². The van der Waals surface area contributed by atoms with Crippen LogP contribution in [-0.4, -0.2) is 36.1 Å². The summed E-state index contributed by atoms with van der Waals surface area (Å²) in [6, 6.07) is 14.1. The maximum atomic E-state index is 12.1. The number of hydrogen-bond donors (Lipinski definition) is 1. The van der Waals surface area contributed by atoms with Gasteiger partial charge in [0.15, 0.2) is 5.69 Å². The van der Waals surface area contributed by atoms with Crippen molar-refractivity contribution < 1.29 is 18.4 Å². The molecule has 1 N–H and O–H groups in total. The molecule has 148 valence electrons. The molecule has 1 atom stereocenters. The van der Waals surface area contributed by atoms with Gasteiger partial charge in [0, 0.05) is 19.7 Å². The Hall–Kier alpha value is -2.90. The van der Waals surface area contributed by atoms with Gasteiger partial charge in [-0.05, 0) is 24.6 Å². The lowest BCUT2D eigenvalue weighted by atomic mass is 10.1. The van der Waals surface area contributed by atoms with Gasteiger partial charge in [-0.1, -0.05) is 30.3 Å². The number of rotatable bonds is 10. The van der Waals surface area contributed by atoms with Gasteiger partial charge >= 0.3 is 0 Å². The van der Waals surface area contributed by atoms with Gasteiger partial charge in [-0.25, -0.2) is 4.98 Å². The quantitative estimate of drug-likeness (QED) is 0.541. The van der Waals surface area contributed by atoms with E-state index in [1.807, 2.05) is 30.3 Å². The smallest absolute Gasteiger partial charge is 0.273 e. The monoisotopic (exact) mass is 383 g/mol. The number of methoxy groups -OCH3 is 1. The highest BCUT2D eigenvalue weighted by Crippen LogP contribution is 2.24. The summed E-state index contributed by atoms with van der Waals surface area (Å²) in [5.74, 6) is 1.05. The maximum Gasteiger partial charge on any atom is 0.273 e. The number of nitrogens with one attached hydrogen (secondary N) is 1. The molecule has 0 saturated carbocycles. The largest absolute Gasteiger partial charge is 0.468 e. The average molecular weight is 383 g/mol. The number of carbonyl (C=O) groups is 1. The van der Waals surface area contributed by atoms with E-state index < -0.39 is 0 Å². The van der Waals surface area contributed by atoms with Crippen molar-refractivity contribution in [1.29, 1.82) is 0 Å². The predicted molar refractivity (Wildman–Crippen MR) is 104 cm³/mol. The first-order valence-electron chi connectivity index (χ1n) is 9.20. The molecule has 0 spiro atoms. The molecule has 0 radical (unpaired) electrons. The third kappa shape index (κ3) is 5.31. The molecule has 1 unspecified atom stereocenters. The zero-order valence-electron chi connectivity index (χ0n) is 16.1. The maximum absolute atomic E-state index is 12.1. The van der Waals surface area contributed by atoms with Gasteiger partial charge in [-0.15, -0.1) is 0 Å². The Balaban J connectivity index is 1.71. The summed E-state index contributed by atoms with van der Waals surface area (Å²) >= 11 is 0. The van der Waals surface area contributed by atoms with E-state index in [1.54, 1.807) is 13.4 Å². The van der Waals surface area contributed by atoms with Crippen LogP contribution in [0.4, 0.5) is 0 Å². The standard InChI is InChI=1S/C21H25N3O4/c1-16(17-7-4-3-5-8-17)24(13-18-9-6-11-27-18)14-20-23-19(15-28-20)21(25)22-10-12-26-2/h3-9,11,15-16H,10,12-14H2,1-2H3,(H,22,25). The highest BCUT2D eigenvalue weighted by Gasteiger charge is 2.21. The van der Waals surface area contributed by atoms with Gasteiger partial charge in [-0.2, -0.15) is 0 Å². The molecule has 7 heteroatoms. The van der Waals surface area contributed by atoms with Crippen molar-refractivity contribution in [2.24, 2.45) is 0 Å². The van der Waals surface area contributed by atoms with Crippen LogP contribution in [0, 0.1) is 0 Å². The van der Waals surface area contributed by atoms with Crippen molar-refractivity contribution in [2.45, 2.75) is 26.1 Å². The van der Waals surface area contributed by atoms with Crippen LogP contribution >= 0.6 is 0 Å². The third-order valence-corrected chi connectivity index (χ3v) is 4.48. The summed E-state index contributed by atoms with van der Waals surface area (Å²) < 4.78 is 16.0. The molecule has 0 fully saturated rings. The number of benzene rings is 1. The molecule has 2 aromatic heterocycles. The number of ether oxygens (including phenoxy) is 1. The topological polar surface area (TPSA) is 80.7 Å². The average Bonchev–Trinajstić information content (AvgIpc) is 3.40. The fourth-order valence-corrected chi connectivity index (χ4v) is 2.89. The number of hydrogen-bond acceptors (Lipinski definition) is 6. The Morgan fingerprint density at radius 2 is 2.00 bits per heavy atom. The molecule has 0 aliphatic carbocycles. The lowest BCUT2D eigenvalue weighted by Crippen LogP contribution is -2.28. The number of amides is 1. The Bertz CT molecular complexity index is 846. The van der Waals surface area contributed by atoms with Crippen LogP contribution in [0.3, 0.4) is 0 Å². The normalized spacial score (nSPS) is 12.2. The molecule has 7 nitrogen and oxygen atoms in total. The molecular weight excluding hydrogens is 358 g/mol. The van der Waals surface area contributed by atoms with E-state index >= 15 is 0 Å². The molecule has 0 aliphatic heterocycles. The molecule has 2 heterocycles. The van der Waals surface area contributed by atoms with Gasteiger partial charge < -0.3 is 18.9 Å². The van der Waals surface area contributed by atoms with Crippen molar-refractivity contribution in [3.8, 4) is 0 Å². The van der Waals surface area contributed by atoms with Crippen LogP contribution in [0.2, 0.25) is 0 Å². The van der Waals surface area contributed by atoms with Crippen molar-refractivity contribution in [3.05, 3.63) is 77.9 Å². The molecule has 3 rings (SSSR count). The zero-order chi connectivity index (χ0) is 19.8. The van der Waals surface area contributed by atoms with Gasteiger partial charge in [0.2, 0.25) is 5.89 Å². The summed E-state index contributed by atoms with van der Waals surface area (Å²) in [6.07, 6.45) is 3.05. The van der Waals surface area contributed by atoms with Crippen LogP contribution < -0.4 is 5.32 Å². The van der Waals surface area contributed by atoms with Crippen LogP contribution in [0.25, 0.3) is 0 Å². The summed E-state index contributed by atoms with van der Waals surface area (Å²) in [5.41, 5.74) is 1.44. The van der Waals surface area contributed by atoms with E-state index in [-0.39, 0.29) is 17.6 Å². The molecule has 1 aromatic carbocycles. The van der Waals surface area contributed by atoms with E-state index in [4.69, 9.17) is 13.6 Å². The molecule has 1 amide bonds. The van der Waals surface area contributed by atoms with Gasteiger partial charge in [0.1, 0.15) is 12.0 Å². The summed E-state index contributed by atoms with van der Waals surface area (Å²) in [4.78, 5) is 18.6. The minimum absolute atomic E-state index is 0.108. The molecule has 0 saturated heterocycles. The number of furan rings is 1. The van der Waals surface area contributed by atoms with Crippen molar-refractivity contribution in [1.82, 2.24) is 15.2 Å². The SMILES string of the molecule is COCCNC(=O)c1coc(CN(Cc2ccco2)C(C)c2ccccc2)n1. The second-order valence-electron chi connectivity index (χ2n) is 6.45. The zero-order valence-corrected chi connectivity index (χ0v) is 16.1. The summed E-state index contributed by atoms with van der Waals surface area (Å²) in [6.45, 7) is 4.04. The summed E-state index contributed by atoms with van der Waals surface area (Å²) in [7, 11) is 1.59. The minimum atomic E-state index is -0.277. The van der Waals surface area contributed by atoms with E-state index in [2.05, 4.69) is 34.3 Å². The predicted octanol–water partition coefficient (Wildman–Crippen LogP) is 3.41. The first kappa shape index (κ1) is 19.9. The summed E-state index contributed by atoms with van der Waals surface area (Å²) in [5, 5.41) is 2.74. The second-order valence-corrected chi connectivity index (χ2v) is 6.45. The number of oxazole rings is 1. The van der Waals surface area contributed by atoms with Crippen molar-refractivity contribution in [3.63, 3.8) is 0 Å². The third-order valence-electron chi connectivity index (χ3n) is 4.48. The van der Waals surface area contributed by atoms with Gasteiger partial charge in [0.05, 0.1) is 26.0 Å². The fraction of sp³-hybridized carbons (Fsp3) is 0.333. The number of aromatic nitrogens is 1.